The molecular weight excluding hydrogens is 279 g/mol. The Morgan fingerprint density at radius 3 is 2.85 bits per heavy atom. The van der Waals surface area contributed by atoms with E-state index in [4.69, 9.17) is 21.9 Å². The summed E-state index contributed by atoms with van der Waals surface area (Å²) in [5.41, 5.74) is 6.77. The smallest absolute Gasteiger partial charge is 0.175 e. The largest absolute Gasteiger partial charge is 0.380 e. The summed E-state index contributed by atoms with van der Waals surface area (Å²) in [4.78, 5) is 0. The number of nitrogens with zero attached hydrogens (tertiary/aromatic N) is 1. The zero-order valence-electron chi connectivity index (χ0n) is 11.0. The standard InChI is InChI=1S/C15H16ClFN2O/c16-11-7-3-6-10(14(11)17)13-12(20-19-15(13)18)8-9-4-1-2-5-9/h3,6-7,9H,1-2,4-5,8H2,(H2,18,19). The minimum atomic E-state index is -0.475. The van der Waals surface area contributed by atoms with Crippen LogP contribution in [0, 0.1) is 11.7 Å². The van der Waals surface area contributed by atoms with Gasteiger partial charge in [0, 0.05) is 12.0 Å². The maximum absolute atomic E-state index is 14.2. The van der Waals surface area contributed by atoms with Gasteiger partial charge in [-0.25, -0.2) is 4.39 Å². The Bertz CT molecular complexity index is 620. The molecule has 0 radical (unpaired) electrons. The van der Waals surface area contributed by atoms with E-state index in [-0.39, 0.29) is 10.8 Å². The Hall–Kier alpha value is -1.55. The number of hydrogen-bond donors (Lipinski definition) is 1. The third-order valence-electron chi connectivity index (χ3n) is 3.96. The first-order valence-electron chi connectivity index (χ1n) is 6.85. The summed E-state index contributed by atoms with van der Waals surface area (Å²) in [7, 11) is 0. The molecule has 1 saturated carbocycles. The van der Waals surface area contributed by atoms with Gasteiger partial charge in [0.1, 0.15) is 11.6 Å². The molecule has 5 heteroatoms. The van der Waals surface area contributed by atoms with E-state index in [1.807, 2.05) is 0 Å². The van der Waals surface area contributed by atoms with Gasteiger partial charge in [-0.1, -0.05) is 54.6 Å². The molecule has 2 aromatic rings. The molecule has 3 nitrogen and oxygen atoms in total. The van der Waals surface area contributed by atoms with Crippen molar-refractivity contribution in [2.75, 3.05) is 5.73 Å². The molecule has 1 aliphatic rings. The van der Waals surface area contributed by atoms with Crippen molar-refractivity contribution in [2.24, 2.45) is 5.92 Å². The number of anilines is 1. The summed E-state index contributed by atoms with van der Waals surface area (Å²) in [6.07, 6.45) is 5.60. The molecule has 0 atom stereocenters. The second kappa shape index (κ2) is 5.44. The molecular formula is C15H16ClFN2O. The second-order valence-corrected chi connectivity index (χ2v) is 5.73. The van der Waals surface area contributed by atoms with Crippen molar-refractivity contribution in [3.8, 4) is 11.1 Å². The summed E-state index contributed by atoms with van der Waals surface area (Å²) in [6.45, 7) is 0. The summed E-state index contributed by atoms with van der Waals surface area (Å²) in [5.74, 6) is 0.981. The van der Waals surface area contributed by atoms with E-state index in [0.717, 1.165) is 6.42 Å². The van der Waals surface area contributed by atoms with Crippen LogP contribution in [-0.2, 0) is 6.42 Å². The molecule has 106 valence electrons. The van der Waals surface area contributed by atoms with Crippen molar-refractivity contribution in [1.82, 2.24) is 5.16 Å². The van der Waals surface area contributed by atoms with E-state index >= 15 is 0 Å². The average Bonchev–Trinajstić information content (AvgIpc) is 3.05. The summed E-state index contributed by atoms with van der Waals surface area (Å²) in [6, 6.07) is 4.87. The minimum absolute atomic E-state index is 0.0786. The molecule has 0 amide bonds. The number of nitrogen functional groups attached to an aromatic ring is 1. The number of halogens is 2. The van der Waals surface area contributed by atoms with Crippen molar-refractivity contribution in [2.45, 2.75) is 32.1 Å². The van der Waals surface area contributed by atoms with Crippen LogP contribution < -0.4 is 5.73 Å². The van der Waals surface area contributed by atoms with Gasteiger partial charge >= 0.3 is 0 Å². The fourth-order valence-electron chi connectivity index (χ4n) is 2.94. The van der Waals surface area contributed by atoms with Crippen molar-refractivity contribution >= 4 is 17.4 Å². The Kier molecular flexibility index (Phi) is 3.66. The molecule has 0 saturated heterocycles. The third kappa shape index (κ3) is 2.40. The first-order chi connectivity index (χ1) is 9.66. The normalized spacial score (nSPS) is 15.9. The van der Waals surface area contributed by atoms with Gasteiger partial charge in [-0.2, -0.15) is 0 Å². The highest BCUT2D eigenvalue weighted by Gasteiger charge is 2.24. The fraction of sp³-hybridized carbons (Fsp3) is 0.400. The van der Waals surface area contributed by atoms with Crippen LogP contribution in [0.25, 0.3) is 11.1 Å². The second-order valence-electron chi connectivity index (χ2n) is 5.32. The molecule has 1 fully saturated rings. The molecule has 0 spiro atoms. The highest BCUT2D eigenvalue weighted by Crippen LogP contribution is 2.37. The van der Waals surface area contributed by atoms with Crippen molar-refractivity contribution in [3.05, 3.63) is 34.8 Å². The van der Waals surface area contributed by atoms with Crippen LogP contribution in [0.5, 0.6) is 0 Å². The van der Waals surface area contributed by atoms with E-state index in [9.17, 15) is 4.39 Å². The van der Waals surface area contributed by atoms with Gasteiger partial charge in [0.15, 0.2) is 5.82 Å². The quantitative estimate of drug-likeness (QED) is 0.910. The van der Waals surface area contributed by atoms with Crippen molar-refractivity contribution < 1.29 is 8.91 Å². The van der Waals surface area contributed by atoms with Crippen molar-refractivity contribution in [1.29, 1.82) is 0 Å². The van der Waals surface area contributed by atoms with Crippen LogP contribution in [0.3, 0.4) is 0 Å². The number of benzene rings is 1. The lowest BCUT2D eigenvalue weighted by atomic mass is 9.97. The van der Waals surface area contributed by atoms with Gasteiger partial charge in [-0.05, 0) is 12.0 Å². The van der Waals surface area contributed by atoms with Gasteiger partial charge in [-0.3, -0.25) is 0 Å². The number of hydrogen-bond acceptors (Lipinski definition) is 3. The van der Waals surface area contributed by atoms with E-state index in [1.165, 1.54) is 31.7 Å². The SMILES string of the molecule is Nc1noc(CC2CCCC2)c1-c1cccc(Cl)c1F. The molecule has 0 unspecified atom stereocenters. The van der Waals surface area contributed by atoms with Gasteiger partial charge in [0.2, 0.25) is 0 Å². The van der Waals surface area contributed by atoms with E-state index in [0.29, 0.717) is 22.8 Å². The number of aromatic nitrogens is 1. The van der Waals surface area contributed by atoms with Crippen LogP contribution in [0.1, 0.15) is 31.4 Å². The van der Waals surface area contributed by atoms with E-state index in [1.54, 1.807) is 12.1 Å². The summed E-state index contributed by atoms with van der Waals surface area (Å²) >= 11 is 5.84. The van der Waals surface area contributed by atoms with Crippen LogP contribution in [0.15, 0.2) is 22.7 Å². The summed E-state index contributed by atoms with van der Waals surface area (Å²) < 4.78 is 19.5. The lowest BCUT2D eigenvalue weighted by Gasteiger charge is -2.09. The summed E-state index contributed by atoms with van der Waals surface area (Å²) in [5, 5.41) is 3.88. The van der Waals surface area contributed by atoms with Gasteiger partial charge in [0.25, 0.3) is 0 Å². The first-order valence-corrected chi connectivity index (χ1v) is 7.23. The maximum Gasteiger partial charge on any atom is 0.175 e. The Morgan fingerprint density at radius 1 is 1.35 bits per heavy atom. The molecule has 1 heterocycles. The minimum Gasteiger partial charge on any atom is -0.380 e. The van der Waals surface area contributed by atoms with E-state index < -0.39 is 5.82 Å². The highest BCUT2D eigenvalue weighted by molar-refractivity contribution is 6.31. The average molecular weight is 295 g/mol. The highest BCUT2D eigenvalue weighted by atomic mass is 35.5. The van der Waals surface area contributed by atoms with Gasteiger partial charge < -0.3 is 10.3 Å². The van der Waals surface area contributed by atoms with Crippen LogP contribution in [-0.4, -0.2) is 5.16 Å². The Morgan fingerprint density at radius 2 is 2.10 bits per heavy atom. The third-order valence-corrected chi connectivity index (χ3v) is 4.25. The zero-order valence-corrected chi connectivity index (χ0v) is 11.8. The fourth-order valence-corrected chi connectivity index (χ4v) is 3.11. The predicted octanol–water partition coefficient (Wildman–Crippen LogP) is 4.45. The molecule has 1 aromatic carbocycles. The number of nitrogens with two attached hydrogens (primary N) is 1. The molecule has 1 aliphatic carbocycles. The molecule has 2 N–H and O–H groups in total. The topological polar surface area (TPSA) is 52.0 Å². The van der Waals surface area contributed by atoms with Gasteiger partial charge in [-0.15, -0.1) is 0 Å². The van der Waals surface area contributed by atoms with Crippen LogP contribution in [0.2, 0.25) is 5.02 Å². The Balaban J connectivity index is 2.00. The monoisotopic (exact) mass is 294 g/mol. The molecule has 1 aromatic heterocycles. The molecule has 0 bridgehead atoms. The predicted molar refractivity (Wildman–Crippen MR) is 77.0 cm³/mol. The molecule has 20 heavy (non-hydrogen) atoms. The van der Waals surface area contributed by atoms with Crippen LogP contribution in [0.4, 0.5) is 10.2 Å². The van der Waals surface area contributed by atoms with Crippen molar-refractivity contribution in [3.63, 3.8) is 0 Å². The Labute approximate surface area is 121 Å². The van der Waals surface area contributed by atoms with Crippen LogP contribution >= 0.6 is 11.6 Å². The molecule has 3 rings (SSSR count). The maximum atomic E-state index is 14.2. The lowest BCUT2D eigenvalue weighted by Crippen LogP contribution is -2.00. The lowest BCUT2D eigenvalue weighted by molar-refractivity contribution is 0.362. The van der Waals surface area contributed by atoms with Gasteiger partial charge in [0.05, 0.1) is 10.6 Å². The first kappa shape index (κ1) is 13.4. The molecule has 0 aliphatic heterocycles. The zero-order chi connectivity index (χ0) is 14.1. The van der Waals surface area contributed by atoms with E-state index in [2.05, 4.69) is 5.16 Å². The number of rotatable bonds is 3.